The number of rotatable bonds is 4. The molecule has 0 spiro atoms. The van der Waals surface area contributed by atoms with E-state index in [1.165, 1.54) is 5.56 Å². The van der Waals surface area contributed by atoms with E-state index in [2.05, 4.69) is 16.0 Å². The van der Waals surface area contributed by atoms with Crippen molar-refractivity contribution in [2.24, 2.45) is 5.92 Å². The number of aryl methyl sites for hydroxylation is 1. The van der Waals surface area contributed by atoms with Crippen LogP contribution in [0.15, 0.2) is 18.3 Å². The van der Waals surface area contributed by atoms with Crippen LogP contribution in [0, 0.1) is 12.8 Å². The van der Waals surface area contributed by atoms with Crippen molar-refractivity contribution >= 4 is 5.97 Å². The molecule has 92 valence electrons. The molecule has 0 aromatic carbocycles. The minimum atomic E-state index is -0.686. The summed E-state index contributed by atoms with van der Waals surface area (Å²) in [6.45, 7) is 4.73. The van der Waals surface area contributed by atoms with E-state index >= 15 is 0 Å². The quantitative estimate of drug-likeness (QED) is 0.861. The molecule has 2 heterocycles. The molecule has 0 amide bonds. The van der Waals surface area contributed by atoms with E-state index in [-0.39, 0.29) is 0 Å². The van der Waals surface area contributed by atoms with E-state index in [1.54, 1.807) is 0 Å². The third-order valence-corrected chi connectivity index (χ3v) is 3.21. The molecular formula is C13H18N2O2. The van der Waals surface area contributed by atoms with Crippen LogP contribution in [0.4, 0.5) is 0 Å². The maximum atomic E-state index is 10.6. The van der Waals surface area contributed by atoms with Crippen LogP contribution in [0.5, 0.6) is 0 Å². The van der Waals surface area contributed by atoms with Crippen molar-refractivity contribution in [2.45, 2.75) is 26.3 Å². The molecular weight excluding hydrogens is 216 g/mol. The Labute approximate surface area is 101 Å². The van der Waals surface area contributed by atoms with Gasteiger partial charge in [-0.1, -0.05) is 6.07 Å². The van der Waals surface area contributed by atoms with Crippen molar-refractivity contribution in [2.75, 3.05) is 13.1 Å². The van der Waals surface area contributed by atoms with E-state index < -0.39 is 5.97 Å². The van der Waals surface area contributed by atoms with Crippen molar-refractivity contribution in [1.29, 1.82) is 0 Å². The molecule has 1 aliphatic rings. The Morgan fingerprint density at radius 2 is 2.41 bits per heavy atom. The Morgan fingerprint density at radius 3 is 3.06 bits per heavy atom. The number of carbonyl (C=O) groups is 1. The zero-order valence-corrected chi connectivity index (χ0v) is 10.1. The predicted molar refractivity (Wildman–Crippen MR) is 64.6 cm³/mol. The van der Waals surface area contributed by atoms with Gasteiger partial charge in [0.05, 0.1) is 0 Å². The first-order valence-electron chi connectivity index (χ1n) is 5.99. The van der Waals surface area contributed by atoms with Gasteiger partial charge in [-0.05, 0) is 37.4 Å². The Hall–Kier alpha value is -1.42. The van der Waals surface area contributed by atoms with Gasteiger partial charge in [0, 0.05) is 31.4 Å². The molecule has 1 N–H and O–H groups in total. The fourth-order valence-electron chi connectivity index (χ4n) is 2.32. The van der Waals surface area contributed by atoms with Crippen LogP contribution in [0.25, 0.3) is 0 Å². The summed E-state index contributed by atoms with van der Waals surface area (Å²) in [4.78, 5) is 17.2. The van der Waals surface area contributed by atoms with Gasteiger partial charge in [0.15, 0.2) is 0 Å². The lowest BCUT2D eigenvalue weighted by atomic mass is 10.1. The van der Waals surface area contributed by atoms with Gasteiger partial charge >= 0.3 is 5.97 Å². The van der Waals surface area contributed by atoms with Crippen LogP contribution >= 0.6 is 0 Å². The van der Waals surface area contributed by atoms with Gasteiger partial charge in [-0.25, -0.2) is 0 Å². The van der Waals surface area contributed by atoms with Gasteiger partial charge in [-0.15, -0.1) is 0 Å². The molecule has 2 rings (SSSR count). The highest BCUT2D eigenvalue weighted by molar-refractivity contribution is 5.67. The lowest BCUT2D eigenvalue weighted by molar-refractivity contribution is -0.138. The highest BCUT2D eigenvalue weighted by Gasteiger charge is 2.24. The molecule has 1 atom stereocenters. The average molecular weight is 234 g/mol. The SMILES string of the molecule is Cc1ccc(CN2CCC(CC(=O)O)C2)cn1. The van der Waals surface area contributed by atoms with Crippen molar-refractivity contribution < 1.29 is 9.90 Å². The van der Waals surface area contributed by atoms with E-state index in [1.807, 2.05) is 19.2 Å². The molecule has 0 saturated carbocycles. The van der Waals surface area contributed by atoms with Crippen LogP contribution in [-0.4, -0.2) is 34.0 Å². The molecule has 0 bridgehead atoms. The highest BCUT2D eigenvalue weighted by Crippen LogP contribution is 2.21. The van der Waals surface area contributed by atoms with Crippen LogP contribution in [0.1, 0.15) is 24.1 Å². The zero-order chi connectivity index (χ0) is 12.3. The number of nitrogens with zero attached hydrogens (tertiary/aromatic N) is 2. The number of aliphatic carboxylic acids is 1. The fourth-order valence-corrected chi connectivity index (χ4v) is 2.32. The van der Waals surface area contributed by atoms with E-state index in [0.717, 1.165) is 31.7 Å². The smallest absolute Gasteiger partial charge is 0.303 e. The molecule has 1 aliphatic heterocycles. The first kappa shape index (κ1) is 12.0. The van der Waals surface area contributed by atoms with E-state index in [9.17, 15) is 4.79 Å². The molecule has 1 saturated heterocycles. The average Bonchev–Trinajstić information content (AvgIpc) is 2.68. The maximum Gasteiger partial charge on any atom is 0.303 e. The minimum absolute atomic E-state index is 0.294. The predicted octanol–water partition coefficient (Wildman–Crippen LogP) is 1.69. The van der Waals surface area contributed by atoms with Gasteiger partial charge in [-0.2, -0.15) is 0 Å². The molecule has 1 aromatic heterocycles. The summed E-state index contributed by atoms with van der Waals surface area (Å²) in [7, 11) is 0. The second-order valence-electron chi connectivity index (χ2n) is 4.80. The summed E-state index contributed by atoms with van der Waals surface area (Å²) < 4.78 is 0. The fraction of sp³-hybridized carbons (Fsp3) is 0.538. The minimum Gasteiger partial charge on any atom is -0.481 e. The second kappa shape index (κ2) is 5.27. The molecule has 1 aromatic rings. The van der Waals surface area contributed by atoms with Crippen LogP contribution < -0.4 is 0 Å². The van der Waals surface area contributed by atoms with Crippen molar-refractivity contribution in [3.63, 3.8) is 0 Å². The number of hydrogen-bond acceptors (Lipinski definition) is 3. The monoisotopic (exact) mass is 234 g/mol. The number of likely N-dealkylation sites (tertiary alicyclic amines) is 1. The van der Waals surface area contributed by atoms with Gasteiger partial charge < -0.3 is 5.11 Å². The zero-order valence-electron chi connectivity index (χ0n) is 10.1. The second-order valence-corrected chi connectivity index (χ2v) is 4.80. The number of aromatic nitrogens is 1. The third-order valence-electron chi connectivity index (χ3n) is 3.21. The molecule has 4 nitrogen and oxygen atoms in total. The van der Waals surface area contributed by atoms with Crippen LogP contribution in [-0.2, 0) is 11.3 Å². The summed E-state index contributed by atoms with van der Waals surface area (Å²) in [6.07, 6.45) is 3.19. The van der Waals surface area contributed by atoms with Gasteiger partial charge in [0.25, 0.3) is 0 Å². The summed E-state index contributed by atoms with van der Waals surface area (Å²) in [5, 5.41) is 8.75. The molecule has 1 unspecified atom stereocenters. The number of carboxylic acids is 1. The lowest BCUT2D eigenvalue weighted by Crippen LogP contribution is -2.21. The number of pyridine rings is 1. The first-order chi connectivity index (χ1) is 8.13. The maximum absolute atomic E-state index is 10.6. The molecule has 17 heavy (non-hydrogen) atoms. The Kier molecular flexibility index (Phi) is 3.74. The van der Waals surface area contributed by atoms with E-state index in [4.69, 9.17) is 5.11 Å². The van der Waals surface area contributed by atoms with Gasteiger partial charge in [0.1, 0.15) is 0 Å². The summed E-state index contributed by atoms with van der Waals surface area (Å²) >= 11 is 0. The van der Waals surface area contributed by atoms with Crippen molar-refractivity contribution in [3.05, 3.63) is 29.6 Å². The number of hydrogen-bond donors (Lipinski definition) is 1. The molecule has 4 heteroatoms. The largest absolute Gasteiger partial charge is 0.481 e. The normalized spacial score (nSPS) is 20.6. The van der Waals surface area contributed by atoms with Crippen molar-refractivity contribution in [1.82, 2.24) is 9.88 Å². The summed E-state index contributed by atoms with van der Waals surface area (Å²) in [5.74, 6) is -0.375. The first-order valence-corrected chi connectivity index (χ1v) is 5.99. The Balaban J connectivity index is 1.85. The molecule has 0 radical (unpaired) electrons. The van der Waals surface area contributed by atoms with Crippen LogP contribution in [0.3, 0.4) is 0 Å². The van der Waals surface area contributed by atoms with Crippen molar-refractivity contribution in [3.8, 4) is 0 Å². The van der Waals surface area contributed by atoms with E-state index in [0.29, 0.717) is 12.3 Å². The topological polar surface area (TPSA) is 53.4 Å². The summed E-state index contributed by atoms with van der Waals surface area (Å²) in [5.41, 5.74) is 2.23. The third kappa shape index (κ3) is 3.53. The Bertz CT molecular complexity index is 389. The number of carboxylic acid groups (broad SMARTS) is 1. The standard InChI is InChI=1S/C13H18N2O2/c1-10-2-3-12(7-14-10)9-15-5-4-11(8-15)6-13(16)17/h2-3,7,11H,4-6,8-9H2,1H3,(H,16,17). The van der Waals surface area contributed by atoms with Crippen LogP contribution in [0.2, 0.25) is 0 Å². The molecule has 1 fully saturated rings. The van der Waals surface area contributed by atoms with Gasteiger partial charge in [0.2, 0.25) is 0 Å². The lowest BCUT2D eigenvalue weighted by Gasteiger charge is -2.15. The Morgan fingerprint density at radius 1 is 1.59 bits per heavy atom. The molecule has 0 aliphatic carbocycles. The summed E-state index contributed by atoms with van der Waals surface area (Å²) in [6, 6.07) is 4.10. The highest BCUT2D eigenvalue weighted by atomic mass is 16.4. The van der Waals surface area contributed by atoms with Gasteiger partial charge in [-0.3, -0.25) is 14.7 Å².